The Kier molecular flexibility index (Phi) is 4.17. The van der Waals surface area contributed by atoms with Crippen LogP contribution in [0.25, 0.3) is 21.5 Å². The molecule has 0 aliphatic heterocycles. The van der Waals surface area contributed by atoms with Gasteiger partial charge in [0.25, 0.3) is 5.56 Å². The number of thiophene rings is 1. The summed E-state index contributed by atoms with van der Waals surface area (Å²) in [5.41, 5.74) is 1.03. The van der Waals surface area contributed by atoms with Crippen LogP contribution < -0.4 is 5.56 Å². The van der Waals surface area contributed by atoms with Gasteiger partial charge in [0.05, 0.1) is 27.9 Å². The van der Waals surface area contributed by atoms with Gasteiger partial charge in [0.1, 0.15) is 16.9 Å². The quantitative estimate of drug-likeness (QED) is 0.467. The van der Waals surface area contributed by atoms with Gasteiger partial charge < -0.3 is 4.42 Å². The molecule has 0 fully saturated rings. The van der Waals surface area contributed by atoms with Crippen LogP contribution in [0.15, 0.2) is 62.6 Å². The molecule has 4 aromatic rings. The first-order chi connectivity index (χ1) is 12.1. The average Bonchev–Trinajstić information content (AvgIpc) is 3.27. The number of benzene rings is 1. The number of fused-ring (bicyclic) bond motifs is 1. The Morgan fingerprint density at radius 1 is 1.24 bits per heavy atom. The Morgan fingerprint density at radius 3 is 2.92 bits per heavy atom. The molecular formula is C17H9Cl2N3O2S. The molecule has 8 heteroatoms. The molecule has 0 radical (unpaired) electrons. The Balaban J connectivity index is 1.82. The predicted octanol–water partition coefficient (Wildman–Crippen LogP) is 4.91. The lowest BCUT2D eigenvalue weighted by Crippen LogP contribution is -2.16. The summed E-state index contributed by atoms with van der Waals surface area (Å²) in [6.07, 6.45) is 4.41. The zero-order valence-electron chi connectivity index (χ0n) is 12.5. The molecule has 0 unspecified atom stereocenters. The maximum Gasteiger partial charge on any atom is 0.283 e. The van der Waals surface area contributed by atoms with Crippen molar-refractivity contribution in [1.82, 2.24) is 9.66 Å². The van der Waals surface area contributed by atoms with E-state index in [0.717, 1.165) is 0 Å². The molecule has 25 heavy (non-hydrogen) atoms. The summed E-state index contributed by atoms with van der Waals surface area (Å²) < 4.78 is 6.56. The second-order valence-corrected chi connectivity index (χ2v) is 6.73. The first-order valence-electron chi connectivity index (χ1n) is 7.16. The molecule has 3 heterocycles. The van der Waals surface area contributed by atoms with Crippen LogP contribution in [0.1, 0.15) is 5.56 Å². The van der Waals surface area contributed by atoms with Gasteiger partial charge in [-0.2, -0.15) is 9.78 Å². The van der Waals surface area contributed by atoms with Gasteiger partial charge in [-0.1, -0.05) is 35.3 Å². The molecule has 0 bridgehead atoms. The van der Waals surface area contributed by atoms with Crippen LogP contribution in [0, 0.1) is 0 Å². The first-order valence-corrected chi connectivity index (χ1v) is 8.80. The Morgan fingerprint density at radius 2 is 2.12 bits per heavy atom. The molecule has 0 amide bonds. The molecule has 0 saturated heterocycles. The molecule has 1 aromatic carbocycles. The maximum absolute atomic E-state index is 12.8. The molecule has 0 spiro atoms. The molecule has 4 rings (SSSR count). The molecule has 0 aliphatic carbocycles. The fraction of sp³-hybridized carbons (Fsp3) is 0. The van der Waals surface area contributed by atoms with E-state index in [9.17, 15) is 4.79 Å². The van der Waals surface area contributed by atoms with Gasteiger partial charge in [0.2, 0.25) is 0 Å². The third-order valence-corrected chi connectivity index (χ3v) is 5.29. The predicted molar refractivity (Wildman–Crippen MR) is 101 cm³/mol. The van der Waals surface area contributed by atoms with Gasteiger partial charge in [0.15, 0.2) is 0 Å². The smallest absolute Gasteiger partial charge is 0.283 e. The summed E-state index contributed by atoms with van der Waals surface area (Å²) in [5.74, 6) is 0.616. The van der Waals surface area contributed by atoms with E-state index in [4.69, 9.17) is 27.6 Å². The maximum atomic E-state index is 12.8. The minimum atomic E-state index is -0.285. The van der Waals surface area contributed by atoms with Crippen LogP contribution in [0.5, 0.6) is 0 Å². The number of furan rings is 1. The molecule has 0 aliphatic rings. The Bertz CT molecular complexity index is 1150. The van der Waals surface area contributed by atoms with E-state index in [-0.39, 0.29) is 5.56 Å². The van der Waals surface area contributed by atoms with Crippen molar-refractivity contribution in [3.63, 3.8) is 0 Å². The van der Waals surface area contributed by atoms with Gasteiger partial charge in [-0.25, -0.2) is 4.98 Å². The lowest BCUT2D eigenvalue weighted by Gasteiger charge is -2.01. The minimum absolute atomic E-state index is 0.285. The monoisotopic (exact) mass is 389 g/mol. The van der Waals surface area contributed by atoms with E-state index in [1.165, 1.54) is 28.6 Å². The molecule has 124 valence electrons. The van der Waals surface area contributed by atoms with Crippen molar-refractivity contribution in [1.29, 1.82) is 0 Å². The summed E-state index contributed by atoms with van der Waals surface area (Å²) >= 11 is 13.5. The molecule has 3 aromatic heterocycles. The second-order valence-electron chi connectivity index (χ2n) is 5.09. The number of hydrogen-bond acceptors (Lipinski definition) is 5. The highest BCUT2D eigenvalue weighted by Crippen LogP contribution is 2.30. The van der Waals surface area contributed by atoms with E-state index in [1.54, 1.807) is 36.6 Å². The third kappa shape index (κ3) is 2.89. The van der Waals surface area contributed by atoms with E-state index in [1.807, 2.05) is 5.38 Å². The van der Waals surface area contributed by atoms with Gasteiger partial charge in [-0.3, -0.25) is 4.79 Å². The summed E-state index contributed by atoms with van der Waals surface area (Å²) in [6, 6.07) is 8.77. The highest BCUT2D eigenvalue weighted by Gasteiger charge is 2.14. The lowest BCUT2D eigenvalue weighted by atomic mass is 10.2. The Labute approximate surface area is 155 Å². The first kappa shape index (κ1) is 16.1. The van der Waals surface area contributed by atoms with Crippen molar-refractivity contribution in [2.45, 2.75) is 0 Å². The number of halogens is 2. The van der Waals surface area contributed by atoms with Crippen molar-refractivity contribution in [3.8, 4) is 11.3 Å². The van der Waals surface area contributed by atoms with Crippen LogP contribution in [0.2, 0.25) is 10.0 Å². The summed E-state index contributed by atoms with van der Waals surface area (Å²) in [4.78, 5) is 17.7. The topological polar surface area (TPSA) is 60.4 Å². The van der Waals surface area contributed by atoms with Gasteiger partial charge in [-0.05, 0) is 18.2 Å². The van der Waals surface area contributed by atoms with Crippen LogP contribution >= 0.6 is 34.5 Å². The number of aromatic nitrogens is 2. The van der Waals surface area contributed by atoms with E-state index < -0.39 is 0 Å². The van der Waals surface area contributed by atoms with Crippen LogP contribution in [-0.2, 0) is 0 Å². The molecule has 0 atom stereocenters. The fourth-order valence-corrected chi connectivity index (χ4v) is 3.61. The second kappa shape index (κ2) is 6.48. The highest BCUT2D eigenvalue weighted by atomic mass is 35.5. The van der Waals surface area contributed by atoms with E-state index in [0.29, 0.717) is 37.1 Å². The third-order valence-electron chi connectivity index (χ3n) is 3.57. The van der Waals surface area contributed by atoms with Crippen molar-refractivity contribution in [2.24, 2.45) is 5.10 Å². The van der Waals surface area contributed by atoms with Gasteiger partial charge in [0, 0.05) is 16.5 Å². The SMILES string of the molecule is O=c1c2c(-c3ccco3)csc2ncn1/N=C\c1cccc(Cl)c1Cl. The number of hydrogen-bond donors (Lipinski definition) is 0. The normalized spacial score (nSPS) is 11.6. The average molecular weight is 390 g/mol. The number of nitrogens with zero attached hydrogens (tertiary/aromatic N) is 3. The molecule has 0 saturated carbocycles. The highest BCUT2D eigenvalue weighted by molar-refractivity contribution is 7.17. The standard InChI is InChI=1S/C17H9Cl2N3O2S/c18-12-4-1-3-10(15(12)19)7-21-22-9-20-16-14(17(22)23)11(8-25-16)13-5-2-6-24-13/h1-9H/b21-7-. The molecule has 0 N–H and O–H groups in total. The van der Waals surface area contributed by atoms with Crippen LogP contribution in [0.3, 0.4) is 0 Å². The molecular weight excluding hydrogens is 381 g/mol. The summed E-state index contributed by atoms with van der Waals surface area (Å²) in [7, 11) is 0. The molecule has 5 nitrogen and oxygen atoms in total. The van der Waals surface area contributed by atoms with E-state index in [2.05, 4.69) is 10.1 Å². The summed E-state index contributed by atoms with van der Waals surface area (Å²) in [6.45, 7) is 0. The number of rotatable bonds is 3. The lowest BCUT2D eigenvalue weighted by molar-refractivity contribution is 0.583. The van der Waals surface area contributed by atoms with Crippen molar-refractivity contribution >= 4 is 51.0 Å². The summed E-state index contributed by atoms with van der Waals surface area (Å²) in [5, 5.41) is 7.29. The van der Waals surface area contributed by atoms with Crippen molar-refractivity contribution in [3.05, 3.63) is 74.3 Å². The Hall–Kier alpha value is -2.41. The zero-order valence-corrected chi connectivity index (χ0v) is 14.8. The van der Waals surface area contributed by atoms with Crippen LogP contribution in [0.4, 0.5) is 0 Å². The zero-order chi connectivity index (χ0) is 17.4. The van der Waals surface area contributed by atoms with E-state index >= 15 is 0 Å². The van der Waals surface area contributed by atoms with Crippen LogP contribution in [-0.4, -0.2) is 15.9 Å². The largest absolute Gasteiger partial charge is 0.464 e. The fourth-order valence-electron chi connectivity index (χ4n) is 2.36. The van der Waals surface area contributed by atoms with Crippen molar-refractivity contribution < 1.29 is 4.42 Å². The van der Waals surface area contributed by atoms with Gasteiger partial charge in [-0.15, -0.1) is 11.3 Å². The van der Waals surface area contributed by atoms with Crippen molar-refractivity contribution in [2.75, 3.05) is 0 Å². The van der Waals surface area contributed by atoms with Gasteiger partial charge >= 0.3 is 0 Å². The minimum Gasteiger partial charge on any atom is -0.464 e.